The average molecular weight is 522 g/mol. The number of fused-ring (bicyclic) bond motifs is 1. The minimum absolute atomic E-state index is 0.0231. The van der Waals surface area contributed by atoms with Crippen LogP contribution in [0, 0.1) is 5.82 Å². The second-order valence-electron chi connectivity index (χ2n) is 9.41. The van der Waals surface area contributed by atoms with Gasteiger partial charge in [-0.2, -0.15) is 5.10 Å². The Kier molecular flexibility index (Phi) is 6.79. The van der Waals surface area contributed by atoms with Crippen molar-refractivity contribution in [1.29, 1.82) is 0 Å². The van der Waals surface area contributed by atoms with E-state index in [-0.39, 0.29) is 18.3 Å². The highest BCUT2D eigenvalue weighted by Gasteiger charge is 2.35. The fraction of sp³-hybridized carbons (Fsp3) is 0.370. The highest BCUT2D eigenvalue weighted by Crippen LogP contribution is 2.33. The van der Waals surface area contributed by atoms with Crippen molar-refractivity contribution >= 4 is 16.8 Å². The predicted molar refractivity (Wildman–Crippen MR) is 136 cm³/mol. The van der Waals surface area contributed by atoms with E-state index >= 15 is 0 Å². The molecule has 0 atom stereocenters. The predicted octanol–water partition coefficient (Wildman–Crippen LogP) is 3.21. The van der Waals surface area contributed by atoms with Gasteiger partial charge < -0.3 is 23.6 Å². The number of hydrogen-bond acceptors (Lipinski definition) is 8. The zero-order valence-corrected chi connectivity index (χ0v) is 21.0. The fourth-order valence-corrected chi connectivity index (χ4v) is 4.84. The molecule has 1 N–H and O–H groups in total. The Morgan fingerprint density at radius 3 is 2.68 bits per heavy atom. The Hall–Kier alpha value is -3.80. The number of methoxy groups -OCH3 is 1. The molecule has 0 radical (unpaired) electrons. The van der Waals surface area contributed by atoms with Gasteiger partial charge >= 0.3 is 0 Å². The van der Waals surface area contributed by atoms with E-state index in [0.717, 1.165) is 45.0 Å². The maximum Gasteiger partial charge on any atom is 0.253 e. The SMILES string of the molecule is COCCOc1cc2[nH]nc(-c3cc(-c4ccc(C(=O)N5CC(N6CCOCC6)C5)cc4)on3)c2cc1F. The first kappa shape index (κ1) is 24.5. The van der Waals surface area contributed by atoms with Crippen molar-refractivity contribution in [3.05, 3.63) is 53.8 Å². The van der Waals surface area contributed by atoms with Gasteiger partial charge in [0.1, 0.15) is 18.0 Å². The maximum absolute atomic E-state index is 14.6. The smallest absolute Gasteiger partial charge is 0.253 e. The van der Waals surface area contributed by atoms with Gasteiger partial charge in [0.2, 0.25) is 0 Å². The molecule has 2 aliphatic heterocycles. The molecule has 2 saturated heterocycles. The number of aromatic amines is 1. The van der Waals surface area contributed by atoms with Crippen LogP contribution in [0.15, 0.2) is 47.0 Å². The molecule has 2 aliphatic rings. The number of likely N-dealkylation sites (tertiary alicyclic amines) is 1. The first-order chi connectivity index (χ1) is 18.6. The van der Waals surface area contributed by atoms with Crippen LogP contribution in [-0.4, -0.2) is 96.8 Å². The van der Waals surface area contributed by atoms with Crippen molar-refractivity contribution in [2.75, 3.05) is 59.7 Å². The minimum atomic E-state index is -0.501. The van der Waals surface area contributed by atoms with Crippen molar-refractivity contribution in [3.63, 3.8) is 0 Å². The summed E-state index contributed by atoms with van der Waals surface area (Å²) in [7, 11) is 1.55. The lowest BCUT2D eigenvalue weighted by molar-refractivity contribution is -0.0256. The second-order valence-corrected chi connectivity index (χ2v) is 9.41. The molecule has 11 heteroatoms. The summed E-state index contributed by atoms with van der Waals surface area (Å²) in [6.45, 7) is 5.44. The van der Waals surface area contributed by atoms with Crippen molar-refractivity contribution < 1.29 is 27.9 Å². The van der Waals surface area contributed by atoms with Gasteiger partial charge in [-0.15, -0.1) is 0 Å². The summed E-state index contributed by atoms with van der Waals surface area (Å²) >= 11 is 0. The summed E-state index contributed by atoms with van der Waals surface area (Å²) in [6.07, 6.45) is 0. The van der Waals surface area contributed by atoms with E-state index in [9.17, 15) is 9.18 Å². The number of halogens is 1. The summed E-state index contributed by atoms with van der Waals surface area (Å²) in [5.74, 6) is 0.162. The first-order valence-corrected chi connectivity index (χ1v) is 12.6. The maximum atomic E-state index is 14.6. The Balaban J connectivity index is 1.13. The third kappa shape index (κ3) is 4.75. The van der Waals surface area contributed by atoms with E-state index in [0.29, 0.717) is 46.3 Å². The van der Waals surface area contributed by atoms with Gasteiger partial charge in [-0.3, -0.25) is 14.8 Å². The number of ether oxygens (including phenoxy) is 3. The van der Waals surface area contributed by atoms with Crippen molar-refractivity contribution in [3.8, 4) is 28.5 Å². The van der Waals surface area contributed by atoms with Gasteiger partial charge in [0.05, 0.1) is 25.3 Å². The Morgan fingerprint density at radius 1 is 1.13 bits per heavy atom. The molecular weight excluding hydrogens is 493 g/mol. The number of benzene rings is 2. The second kappa shape index (κ2) is 10.5. The third-order valence-corrected chi connectivity index (χ3v) is 7.04. The molecule has 0 unspecified atom stereocenters. The van der Waals surface area contributed by atoms with E-state index in [1.807, 2.05) is 17.0 Å². The molecule has 4 aromatic rings. The number of nitrogens with one attached hydrogen (secondary N) is 1. The minimum Gasteiger partial charge on any atom is -0.488 e. The van der Waals surface area contributed by atoms with E-state index in [1.54, 1.807) is 31.4 Å². The highest BCUT2D eigenvalue weighted by molar-refractivity contribution is 5.95. The lowest BCUT2D eigenvalue weighted by atomic mass is 10.0. The van der Waals surface area contributed by atoms with E-state index < -0.39 is 5.82 Å². The standard InChI is InChI=1S/C27H28FN5O5/c1-35-10-11-37-25-13-22-20(12-21(25)28)26(30-29-22)23-14-24(38-31-23)17-2-4-18(5-3-17)27(34)33-15-19(16-33)32-6-8-36-9-7-32/h2-5,12-14,19H,6-11,15-16H2,1H3,(H,29,30). The number of nitrogens with zero attached hydrogens (tertiary/aromatic N) is 4. The molecule has 0 spiro atoms. The molecule has 6 rings (SSSR count). The van der Waals surface area contributed by atoms with Gasteiger partial charge in [0.15, 0.2) is 17.3 Å². The summed E-state index contributed by atoms with van der Waals surface area (Å²) in [6, 6.07) is 12.4. The van der Waals surface area contributed by atoms with Crippen LogP contribution in [0.4, 0.5) is 4.39 Å². The molecule has 2 fully saturated rings. The number of morpholine rings is 1. The van der Waals surface area contributed by atoms with Crippen LogP contribution in [0.1, 0.15) is 10.4 Å². The number of hydrogen-bond donors (Lipinski definition) is 1. The average Bonchev–Trinajstić information content (AvgIpc) is 3.56. The van der Waals surface area contributed by atoms with Crippen LogP contribution in [-0.2, 0) is 9.47 Å². The zero-order valence-electron chi connectivity index (χ0n) is 21.0. The number of aromatic nitrogens is 3. The monoisotopic (exact) mass is 521 g/mol. The van der Waals surface area contributed by atoms with Gasteiger partial charge in [0, 0.05) is 68.0 Å². The van der Waals surface area contributed by atoms with E-state index in [1.165, 1.54) is 6.07 Å². The molecular formula is C27H28FN5O5. The Bertz CT molecular complexity index is 1420. The van der Waals surface area contributed by atoms with Crippen LogP contribution in [0.3, 0.4) is 0 Å². The lowest BCUT2D eigenvalue weighted by Crippen LogP contribution is -2.62. The molecule has 1 amide bonds. The fourth-order valence-electron chi connectivity index (χ4n) is 4.84. The van der Waals surface area contributed by atoms with E-state index in [4.69, 9.17) is 18.7 Å². The van der Waals surface area contributed by atoms with Gasteiger partial charge in [-0.05, 0) is 18.2 Å². The first-order valence-electron chi connectivity index (χ1n) is 12.6. The van der Waals surface area contributed by atoms with Crippen molar-refractivity contribution in [1.82, 2.24) is 25.2 Å². The van der Waals surface area contributed by atoms with Gasteiger partial charge in [-0.1, -0.05) is 17.3 Å². The van der Waals surface area contributed by atoms with Crippen LogP contribution in [0.25, 0.3) is 33.6 Å². The van der Waals surface area contributed by atoms with Crippen LogP contribution in [0.2, 0.25) is 0 Å². The molecule has 198 valence electrons. The Labute approximate surface area is 218 Å². The largest absolute Gasteiger partial charge is 0.488 e. The normalized spacial score (nSPS) is 16.6. The zero-order chi connectivity index (χ0) is 26.1. The van der Waals surface area contributed by atoms with E-state index in [2.05, 4.69) is 20.3 Å². The summed E-state index contributed by atoms with van der Waals surface area (Å²) in [5, 5.41) is 11.9. The molecule has 2 aromatic carbocycles. The van der Waals surface area contributed by atoms with Crippen LogP contribution in [0.5, 0.6) is 5.75 Å². The Morgan fingerprint density at radius 2 is 1.92 bits per heavy atom. The molecule has 4 heterocycles. The third-order valence-electron chi connectivity index (χ3n) is 7.04. The number of carbonyl (C=O) groups excluding carboxylic acids is 1. The molecule has 2 aromatic heterocycles. The highest BCUT2D eigenvalue weighted by atomic mass is 19.1. The topological polar surface area (TPSA) is 106 Å². The number of rotatable bonds is 8. The number of amides is 1. The summed E-state index contributed by atoms with van der Waals surface area (Å²) in [5.41, 5.74) is 2.95. The molecule has 0 aliphatic carbocycles. The molecule has 0 saturated carbocycles. The molecule has 38 heavy (non-hydrogen) atoms. The molecule has 10 nitrogen and oxygen atoms in total. The van der Waals surface area contributed by atoms with Crippen LogP contribution >= 0.6 is 0 Å². The molecule has 0 bridgehead atoms. The lowest BCUT2D eigenvalue weighted by Gasteiger charge is -2.46. The summed E-state index contributed by atoms with van der Waals surface area (Å²) in [4.78, 5) is 17.2. The van der Waals surface area contributed by atoms with Gasteiger partial charge in [-0.25, -0.2) is 4.39 Å². The number of H-pyrrole nitrogens is 1. The van der Waals surface area contributed by atoms with Crippen molar-refractivity contribution in [2.45, 2.75) is 6.04 Å². The summed E-state index contributed by atoms with van der Waals surface area (Å²) < 4.78 is 36.0. The number of carbonyl (C=O) groups is 1. The van der Waals surface area contributed by atoms with Crippen LogP contribution < -0.4 is 4.74 Å². The van der Waals surface area contributed by atoms with Gasteiger partial charge in [0.25, 0.3) is 5.91 Å². The quantitative estimate of drug-likeness (QED) is 0.353. The van der Waals surface area contributed by atoms with Crippen molar-refractivity contribution in [2.24, 2.45) is 0 Å².